The Morgan fingerprint density at radius 2 is 2.25 bits per heavy atom. The number of nitrogen functional groups attached to an aromatic ring is 1. The van der Waals surface area contributed by atoms with E-state index in [4.69, 9.17) is 5.73 Å². The Bertz CT molecular complexity index is 521. The van der Waals surface area contributed by atoms with E-state index in [0.29, 0.717) is 15.9 Å². The Hall–Kier alpha value is -1.10. The van der Waals surface area contributed by atoms with Crippen molar-refractivity contribution in [2.45, 2.75) is 26.3 Å². The summed E-state index contributed by atoms with van der Waals surface area (Å²) in [6, 6.07) is 3.13. The summed E-state index contributed by atoms with van der Waals surface area (Å²) in [6.45, 7) is 2.93. The monoisotopic (exact) mass is 285 g/mol. The van der Waals surface area contributed by atoms with Gasteiger partial charge in [-0.2, -0.15) is 0 Å². The van der Waals surface area contributed by atoms with Gasteiger partial charge in [0.1, 0.15) is 5.82 Å². The lowest BCUT2D eigenvalue weighted by atomic mass is 10.3. The fourth-order valence-electron chi connectivity index (χ4n) is 1.69. The Balaban J connectivity index is 2.55. The lowest BCUT2D eigenvalue weighted by Gasteiger charge is -2.05. The van der Waals surface area contributed by atoms with Crippen molar-refractivity contribution in [3.63, 3.8) is 0 Å². The lowest BCUT2D eigenvalue weighted by molar-refractivity contribution is 0.622. The molecule has 0 aliphatic rings. The molecule has 0 amide bonds. The van der Waals surface area contributed by atoms with Gasteiger partial charge in [-0.05, 0) is 28.4 Å². The van der Waals surface area contributed by atoms with Crippen LogP contribution in [0.4, 0.5) is 10.3 Å². The van der Waals surface area contributed by atoms with Crippen molar-refractivity contribution in [2.24, 2.45) is 0 Å². The molecule has 0 saturated heterocycles. The third-order valence-corrected chi connectivity index (χ3v) is 3.16. The summed E-state index contributed by atoms with van der Waals surface area (Å²) in [5, 5.41) is 0. The number of nitrogens with two attached hydrogens (primary N) is 1. The molecule has 2 N–H and O–H groups in total. The fraction of sp³-hybridized carbons (Fsp3) is 0.364. The largest absolute Gasteiger partial charge is 0.369 e. The highest BCUT2D eigenvalue weighted by molar-refractivity contribution is 9.10. The van der Waals surface area contributed by atoms with E-state index in [1.807, 2.05) is 4.57 Å². The minimum absolute atomic E-state index is 0.312. The summed E-state index contributed by atoms with van der Waals surface area (Å²) >= 11 is 3.17. The van der Waals surface area contributed by atoms with E-state index in [1.54, 1.807) is 6.07 Å². The first kappa shape index (κ1) is 11.4. The van der Waals surface area contributed by atoms with E-state index in [1.165, 1.54) is 6.07 Å². The summed E-state index contributed by atoms with van der Waals surface area (Å²) in [6.07, 6.45) is 2.12. The standard InChI is InChI=1S/C11H13BrFN3/c1-2-3-4-16-10-5-7(12)8(13)6-9(10)15-11(16)14/h5-6H,2-4H2,1H3,(H2,14,15). The van der Waals surface area contributed by atoms with Crippen LogP contribution in [0, 0.1) is 5.82 Å². The highest BCUT2D eigenvalue weighted by Crippen LogP contribution is 2.25. The van der Waals surface area contributed by atoms with E-state index in [0.717, 1.165) is 24.9 Å². The summed E-state index contributed by atoms with van der Waals surface area (Å²) in [5.41, 5.74) is 7.29. The van der Waals surface area contributed by atoms with Crippen LogP contribution in [-0.4, -0.2) is 9.55 Å². The van der Waals surface area contributed by atoms with Crippen molar-refractivity contribution in [3.05, 3.63) is 22.4 Å². The van der Waals surface area contributed by atoms with E-state index in [2.05, 4.69) is 27.8 Å². The zero-order valence-electron chi connectivity index (χ0n) is 9.00. The van der Waals surface area contributed by atoms with Gasteiger partial charge in [-0.3, -0.25) is 0 Å². The zero-order chi connectivity index (χ0) is 11.7. The predicted molar refractivity (Wildman–Crippen MR) is 66.7 cm³/mol. The molecule has 1 aromatic heterocycles. The molecule has 1 aromatic carbocycles. The molecule has 86 valence electrons. The SMILES string of the molecule is CCCCn1c(N)nc2cc(F)c(Br)cc21. The second kappa shape index (κ2) is 4.41. The maximum absolute atomic E-state index is 13.3. The number of fused-ring (bicyclic) bond motifs is 1. The third-order valence-electron chi connectivity index (χ3n) is 2.56. The van der Waals surface area contributed by atoms with Gasteiger partial charge in [0.2, 0.25) is 5.95 Å². The van der Waals surface area contributed by atoms with Crippen LogP contribution in [0.1, 0.15) is 19.8 Å². The van der Waals surface area contributed by atoms with Gasteiger partial charge >= 0.3 is 0 Å². The molecule has 0 bridgehead atoms. The molecule has 0 fully saturated rings. The molecule has 2 aromatic rings. The van der Waals surface area contributed by atoms with Gasteiger partial charge < -0.3 is 10.3 Å². The van der Waals surface area contributed by atoms with Crippen LogP contribution in [0.2, 0.25) is 0 Å². The van der Waals surface area contributed by atoms with E-state index >= 15 is 0 Å². The molecular formula is C11H13BrFN3. The van der Waals surface area contributed by atoms with Crippen molar-refractivity contribution in [1.29, 1.82) is 0 Å². The number of unbranched alkanes of at least 4 members (excludes halogenated alkanes) is 1. The number of halogens is 2. The van der Waals surface area contributed by atoms with E-state index in [9.17, 15) is 4.39 Å². The fourth-order valence-corrected chi connectivity index (χ4v) is 2.02. The number of imidazole rings is 1. The zero-order valence-corrected chi connectivity index (χ0v) is 10.6. The average molecular weight is 286 g/mol. The van der Waals surface area contributed by atoms with Gasteiger partial charge in [-0.15, -0.1) is 0 Å². The first-order valence-electron chi connectivity index (χ1n) is 5.24. The van der Waals surface area contributed by atoms with Crippen molar-refractivity contribution < 1.29 is 4.39 Å². The second-order valence-electron chi connectivity index (χ2n) is 3.73. The van der Waals surface area contributed by atoms with E-state index < -0.39 is 0 Å². The summed E-state index contributed by atoms with van der Waals surface area (Å²) in [7, 11) is 0. The summed E-state index contributed by atoms with van der Waals surface area (Å²) in [4.78, 5) is 4.15. The van der Waals surface area contributed by atoms with Gasteiger partial charge in [0.05, 0.1) is 15.5 Å². The molecule has 0 unspecified atom stereocenters. The Morgan fingerprint density at radius 3 is 2.94 bits per heavy atom. The molecule has 5 heteroatoms. The number of hydrogen-bond donors (Lipinski definition) is 1. The predicted octanol–water partition coefficient (Wildman–Crippen LogP) is 3.32. The molecule has 2 rings (SSSR count). The van der Waals surface area contributed by atoms with Crippen LogP contribution in [0.3, 0.4) is 0 Å². The molecular weight excluding hydrogens is 273 g/mol. The molecule has 0 saturated carbocycles. The summed E-state index contributed by atoms with van der Waals surface area (Å²) in [5.74, 6) is 0.133. The molecule has 0 atom stereocenters. The third kappa shape index (κ3) is 1.91. The second-order valence-corrected chi connectivity index (χ2v) is 4.58. The van der Waals surface area contributed by atoms with Gasteiger partial charge in [-0.1, -0.05) is 13.3 Å². The number of aromatic nitrogens is 2. The molecule has 0 spiro atoms. The Morgan fingerprint density at radius 1 is 1.50 bits per heavy atom. The van der Waals surface area contributed by atoms with Gasteiger partial charge in [0.15, 0.2) is 0 Å². The van der Waals surface area contributed by atoms with Crippen LogP contribution in [0.5, 0.6) is 0 Å². The number of benzene rings is 1. The number of hydrogen-bond acceptors (Lipinski definition) is 2. The van der Waals surface area contributed by atoms with Crippen molar-refractivity contribution in [3.8, 4) is 0 Å². The number of nitrogens with zero attached hydrogens (tertiary/aromatic N) is 2. The molecule has 0 radical (unpaired) electrons. The van der Waals surface area contributed by atoms with Crippen LogP contribution in [0.15, 0.2) is 16.6 Å². The highest BCUT2D eigenvalue weighted by Gasteiger charge is 2.10. The molecule has 3 nitrogen and oxygen atoms in total. The molecule has 0 aliphatic heterocycles. The van der Waals surface area contributed by atoms with Crippen LogP contribution >= 0.6 is 15.9 Å². The van der Waals surface area contributed by atoms with Crippen molar-refractivity contribution in [2.75, 3.05) is 5.73 Å². The smallest absolute Gasteiger partial charge is 0.201 e. The average Bonchev–Trinajstić information content (AvgIpc) is 2.52. The van der Waals surface area contributed by atoms with Gasteiger partial charge in [0.25, 0.3) is 0 Å². The normalized spacial score (nSPS) is 11.2. The summed E-state index contributed by atoms with van der Waals surface area (Å²) < 4.78 is 15.7. The first-order valence-corrected chi connectivity index (χ1v) is 6.03. The molecule has 1 heterocycles. The molecule has 16 heavy (non-hydrogen) atoms. The lowest BCUT2D eigenvalue weighted by Crippen LogP contribution is -2.03. The van der Waals surface area contributed by atoms with Crippen LogP contribution < -0.4 is 5.73 Å². The topological polar surface area (TPSA) is 43.8 Å². The highest BCUT2D eigenvalue weighted by atomic mass is 79.9. The van der Waals surface area contributed by atoms with E-state index in [-0.39, 0.29) is 5.82 Å². The minimum Gasteiger partial charge on any atom is -0.369 e. The van der Waals surface area contributed by atoms with Crippen molar-refractivity contribution >= 4 is 32.9 Å². The number of rotatable bonds is 3. The molecule has 0 aliphatic carbocycles. The Labute approximate surface area is 102 Å². The van der Waals surface area contributed by atoms with Gasteiger partial charge in [-0.25, -0.2) is 9.37 Å². The maximum atomic E-state index is 13.3. The van der Waals surface area contributed by atoms with Crippen LogP contribution in [-0.2, 0) is 6.54 Å². The van der Waals surface area contributed by atoms with Gasteiger partial charge in [0, 0.05) is 12.6 Å². The quantitative estimate of drug-likeness (QED) is 0.940. The number of aryl methyl sites for hydroxylation is 1. The Kier molecular flexibility index (Phi) is 3.14. The minimum atomic E-state index is -0.312. The van der Waals surface area contributed by atoms with Crippen molar-refractivity contribution in [1.82, 2.24) is 9.55 Å². The maximum Gasteiger partial charge on any atom is 0.201 e. The number of anilines is 1. The van der Waals surface area contributed by atoms with Crippen LogP contribution in [0.25, 0.3) is 11.0 Å². The first-order chi connectivity index (χ1) is 7.63.